The van der Waals surface area contributed by atoms with Crippen molar-refractivity contribution in [1.29, 1.82) is 0 Å². The van der Waals surface area contributed by atoms with Crippen LogP contribution in [0.2, 0.25) is 0 Å². The van der Waals surface area contributed by atoms with Crippen LogP contribution in [0.3, 0.4) is 0 Å². The highest BCUT2D eigenvalue weighted by molar-refractivity contribution is 7.89. The van der Waals surface area contributed by atoms with Gasteiger partial charge >= 0.3 is 0 Å². The van der Waals surface area contributed by atoms with Gasteiger partial charge in [0.25, 0.3) is 0 Å². The van der Waals surface area contributed by atoms with Gasteiger partial charge in [-0.05, 0) is 31.0 Å². The summed E-state index contributed by atoms with van der Waals surface area (Å²) in [4.78, 5) is 13.8. The van der Waals surface area contributed by atoms with Crippen LogP contribution in [-0.2, 0) is 14.8 Å². The van der Waals surface area contributed by atoms with Gasteiger partial charge in [-0.15, -0.1) is 0 Å². The Morgan fingerprint density at radius 1 is 1.22 bits per heavy atom. The number of amides is 1. The van der Waals surface area contributed by atoms with Gasteiger partial charge < -0.3 is 10.2 Å². The second-order valence-electron chi connectivity index (χ2n) is 5.94. The molecule has 0 aliphatic carbocycles. The first-order valence-corrected chi connectivity index (χ1v) is 9.41. The predicted molar refractivity (Wildman–Crippen MR) is 92.3 cm³/mol. The van der Waals surface area contributed by atoms with Gasteiger partial charge in [-0.25, -0.2) is 8.42 Å². The van der Waals surface area contributed by atoms with E-state index in [9.17, 15) is 13.2 Å². The van der Waals surface area contributed by atoms with E-state index in [0.29, 0.717) is 25.2 Å². The van der Waals surface area contributed by atoms with Crippen molar-refractivity contribution in [2.24, 2.45) is 0 Å². The minimum atomic E-state index is -3.51. The highest BCUT2D eigenvalue weighted by atomic mass is 32.2. The molecule has 7 heteroatoms. The summed E-state index contributed by atoms with van der Waals surface area (Å²) in [7, 11) is 0.208. The molecule has 2 rings (SSSR count). The molecule has 1 aliphatic heterocycles. The Morgan fingerprint density at radius 3 is 2.43 bits per heavy atom. The Hall–Kier alpha value is -1.60. The van der Waals surface area contributed by atoms with Gasteiger partial charge in [0.2, 0.25) is 15.9 Å². The second-order valence-corrected chi connectivity index (χ2v) is 7.88. The van der Waals surface area contributed by atoms with Gasteiger partial charge in [-0.3, -0.25) is 4.79 Å². The lowest BCUT2D eigenvalue weighted by Gasteiger charge is -2.26. The Balaban J connectivity index is 2.39. The summed E-state index contributed by atoms with van der Waals surface area (Å²) < 4.78 is 27.1. The number of carbonyl (C=O) groups is 1. The summed E-state index contributed by atoms with van der Waals surface area (Å²) in [5, 5.41) is 2.79. The normalized spacial score (nSPS) is 16.1. The van der Waals surface area contributed by atoms with Crippen LogP contribution < -0.4 is 10.2 Å². The zero-order valence-electron chi connectivity index (χ0n) is 14.0. The van der Waals surface area contributed by atoms with Crippen LogP contribution in [0.4, 0.5) is 11.4 Å². The Bertz CT molecular complexity index is 665. The maximum atomic E-state index is 12.8. The Labute approximate surface area is 138 Å². The van der Waals surface area contributed by atoms with Crippen LogP contribution in [0.5, 0.6) is 0 Å². The quantitative estimate of drug-likeness (QED) is 0.893. The van der Waals surface area contributed by atoms with Gasteiger partial charge in [0.05, 0.1) is 16.3 Å². The van der Waals surface area contributed by atoms with Crippen LogP contribution in [0.15, 0.2) is 23.1 Å². The Morgan fingerprint density at radius 2 is 1.87 bits per heavy atom. The predicted octanol–water partition coefficient (Wildman–Crippen LogP) is 2.28. The molecule has 1 heterocycles. The molecule has 0 bridgehead atoms. The second kappa shape index (κ2) is 7.31. The summed E-state index contributed by atoms with van der Waals surface area (Å²) in [6.07, 6.45) is 3.21. The molecule has 6 nitrogen and oxygen atoms in total. The van der Waals surface area contributed by atoms with Crippen molar-refractivity contribution in [2.45, 2.75) is 37.5 Å². The van der Waals surface area contributed by atoms with E-state index in [4.69, 9.17) is 0 Å². The summed E-state index contributed by atoms with van der Waals surface area (Å²) >= 11 is 0. The number of sulfonamides is 1. The smallest absolute Gasteiger partial charge is 0.243 e. The van der Waals surface area contributed by atoms with E-state index in [2.05, 4.69) is 5.32 Å². The highest BCUT2D eigenvalue weighted by Crippen LogP contribution is 2.30. The van der Waals surface area contributed by atoms with E-state index in [1.54, 1.807) is 25.1 Å². The number of rotatable bonds is 5. The van der Waals surface area contributed by atoms with Gasteiger partial charge in [-0.1, -0.05) is 13.3 Å². The van der Waals surface area contributed by atoms with Crippen molar-refractivity contribution >= 4 is 27.3 Å². The molecule has 1 N–H and O–H groups in total. The first-order chi connectivity index (χ1) is 10.9. The number of hydrogen-bond donors (Lipinski definition) is 1. The SMILES string of the molecule is CCC(=O)Nc1cc(S(=O)(=O)N2CCCCC2)ccc1N(C)C. The van der Waals surface area contributed by atoms with E-state index in [1.165, 1.54) is 4.31 Å². The third-order valence-electron chi connectivity index (χ3n) is 4.00. The van der Waals surface area contributed by atoms with Gasteiger partial charge in [0.15, 0.2) is 0 Å². The maximum absolute atomic E-state index is 12.8. The zero-order valence-corrected chi connectivity index (χ0v) is 14.8. The van der Waals surface area contributed by atoms with Crippen LogP contribution in [0, 0.1) is 0 Å². The molecule has 0 saturated carbocycles. The Kier molecular flexibility index (Phi) is 5.64. The molecule has 1 aliphatic rings. The van der Waals surface area contributed by atoms with E-state index in [0.717, 1.165) is 24.9 Å². The summed E-state index contributed by atoms with van der Waals surface area (Å²) in [6, 6.07) is 4.91. The molecule has 128 valence electrons. The molecule has 0 spiro atoms. The van der Waals surface area contributed by atoms with E-state index >= 15 is 0 Å². The van der Waals surface area contributed by atoms with Crippen LogP contribution in [0.1, 0.15) is 32.6 Å². The number of nitrogens with one attached hydrogen (secondary N) is 1. The molecule has 1 fully saturated rings. The highest BCUT2D eigenvalue weighted by Gasteiger charge is 2.26. The fraction of sp³-hybridized carbons (Fsp3) is 0.562. The third kappa shape index (κ3) is 4.03. The van der Waals surface area contributed by atoms with Crippen LogP contribution in [-0.4, -0.2) is 45.8 Å². The number of hydrogen-bond acceptors (Lipinski definition) is 4. The fourth-order valence-corrected chi connectivity index (χ4v) is 4.20. The molecular weight excluding hydrogens is 314 g/mol. The average molecular weight is 339 g/mol. The van der Waals surface area contributed by atoms with E-state index in [-0.39, 0.29) is 10.8 Å². The number of piperidine rings is 1. The minimum absolute atomic E-state index is 0.138. The average Bonchev–Trinajstić information content (AvgIpc) is 2.55. The van der Waals surface area contributed by atoms with Gasteiger partial charge in [0, 0.05) is 33.6 Å². The third-order valence-corrected chi connectivity index (χ3v) is 5.89. The van der Waals surface area contributed by atoms with E-state index < -0.39 is 10.0 Å². The van der Waals surface area contributed by atoms with Gasteiger partial charge in [-0.2, -0.15) is 4.31 Å². The number of benzene rings is 1. The molecule has 0 aromatic heterocycles. The van der Waals surface area contributed by atoms with Crippen molar-refractivity contribution in [3.8, 4) is 0 Å². The molecule has 1 aromatic carbocycles. The number of nitrogens with zero attached hydrogens (tertiary/aromatic N) is 2. The topological polar surface area (TPSA) is 69.7 Å². The van der Waals surface area contributed by atoms with Crippen molar-refractivity contribution in [2.75, 3.05) is 37.4 Å². The van der Waals surface area contributed by atoms with Crippen LogP contribution >= 0.6 is 0 Å². The van der Waals surface area contributed by atoms with Crippen LogP contribution in [0.25, 0.3) is 0 Å². The molecule has 1 saturated heterocycles. The summed E-state index contributed by atoms with van der Waals surface area (Å²) in [6.45, 7) is 2.89. The zero-order chi connectivity index (χ0) is 17.0. The first-order valence-electron chi connectivity index (χ1n) is 7.97. The standard InChI is InChI=1S/C16H25N3O3S/c1-4-16(20)17-14-12-13(8-9-15(14)18(2)3)23(21,22)19-10-6-5-7-11-19/h8-9,12H,4-7,10-11H2,1-3H3,(H,17,20). The summed E-state index contributed by atoms with van der Waals surface area (Å²) in [5.74, 6) is -0.138. The lowest BCUT2D eigenvalue weighted by Crippen LogP contribution is -2.35. The number of anilines is 2. The summed E-state index contributed by atoms with van der Waals surface area (Å²) in [5.41, 5.74) is 1.31. The maximum Gasteiger partial charge on any atom is 0.243 e. The monoisotopic (exact) mass is 339 g/mol. The van der Waals surface area contributed by atoms with Gasteiger partial charge in [0.1, 0.15) is 0 Å². The van der Waals surface area contributed by atoms with Crippen molar-refractivity contribution in [1.82, 2.24) is 4.31 Å². The fourth-order valence-electron chi connectivity index (χ4n) is 2.66. The molecule has 1 amide bonds. The molecule has 0 radical (unpaired) electrons. The molecule has 0 unspecified atom stereocenters. The molecule has 23 heavy (non-hydrogen) atoms. The molecular formula is C16H25N3O3S. The minimum Gasteiger partial charge on any atom is -0.376 e. The van der Waals surface area contributed by atoms with E-state index in [1.807, 2.05) is 19.0 Å². The lowest BCUT2D eigenvalue weighted by atomic mass is 10.2. The molecule has 0 atom stereocenters. The van der Waals surface area contributed by atoms with Crippen molar-refractivity contribution in [3.63, 3.8) is 0 Å². The molecule has 1 aromatic rings. The lowest BCUT2D eigenvalue weighted by molar-refractivity contribution is -0.115. The largest absolute Gasteiger partial charge is 0.376 e. The number of carbonyl (C=O) groups excluding carboxylic acids is 1. The first kappa shape index (κ1) is 17.7. The van der Waals surface area contributed by atoms with Crippen molar-refractivity contribution in [3.05, 3.63) is 18.2 Å². The van der Waals surface area contributed by atoms with Crippen molar-refractivity contribution < 1.29 is 13.2 Å².